The van der Waals surface area contributed by atoms with Gasteiger partial charge in [-0.25, -0.2) is 8.78 Å². The first kappa shape index (κ1) is 17.0. The Morgan fingerprint density at radius 2 is 1.86 bits per heavy atom. The molecule has 5 N–H and O–H groups in total. The molecule has 0 aromatic heterocycles. The van der Waals surface area contributed by atoms with Crippen molar-refractivity contribution in [2.45, 2.75) is 20.3 Å². The van der Waals surface area contributed by atoms with Crippen molar-refractivity contribution in [2.24, 2.45) is 23.3 Å². The zero-order chi connectivity index (χ0) is 16.2. The number of halogens is 2. The lowest BCUT2D eigenvalue weighted by molar-refractivity contribution is -0.120. The lowest BCUT2D eigenvalue weighted by atomic mass is 9.96. The summed E-state index contributed by atoms with van der Waals surface area (Å²) in [6.45, 7) is 3.97. The van der Waals surface area contributed by atoms with Crippen molar-refractivity contribution in [3.63, 3.8) is 0 Å². The molecule has 1 unspecified atom stereocenters. The Bertz CT molecular complexity index is 547. The van der Waals surface area contributed by atoms with Gasteiger partial charge in [0.05, 0.1) is 17.2 Å². The number of anilines is 1. The fourth-order valence-corrected chi connectivity index (χ4v) is 1.95. The van der Waals surface area contributed by atoms with E-state index in [2.05, 4.69) is 5.32 Å². The number of benzene rings is 1. The topological polar surface area (TPSA) is 98.2 Å². The van der Waals surface area contributed by atoms with Crippen LogP contribution in [0.1, 0.15) is 30.6 Å². The number of carbonyl (C=O) groups is 2. The molecule has 1 atom stereocenters. The van der Waals surface area contributed by atoms with E-state index in [1.165, 1.54) is 0 Å². The minimum Gasteiger partial charge on any atom is -0.366 e. The third-order valence-electron chi connectivity index (χ3n) is 2.99. The van der Waals surface area contributed by atoms with E-state index in [1.807, 2.05) is 13.8 Å². The Morgan fingerprint density at radius 3 is 2.33 bits per heavy atom. The standard InChI is InChI=1S/C14H19F2N3O2/c1-7(2)3-8(6-17)14(21)19-12-4-9(13(18)20)10(15)5-11(12)16/h4-5,7-8H,3,6,17H2,1-2H3,(H2,18,20)(H,19,21). The van der Waals surface area contributed by atoms with E-state index in [0.717, 1.165) is 6.07 Å². The van der Waals surface area contributed by atoms with E-state index in [-0.39, 0.29) is 18.2 Å². The summed E-state index contributed by atoms with van der Waals surface area (Å²) in [5.41, 5.74) is 9.73. The number of nitrogens with two attached hydrogens (primary N) is 2. The predicted octanol–water partition coefficient (Wildman–Crippen LogP) is 1.62. The smallest absolute Gasteiger partial charge is 0.251 e. The maximum Gasteiger partial charge on any atom is 0.251 e. The highest BCUT2D eigenvalue weighted by Gasteiger charge is 2.21. The molecule has 5 nitrogen and oxygen atoms in total. The Hall–Kier alpha value is -2.02. The van der Waals surface area contributed by atoms with Crippen molar-refractivity contribution in [3.05, 3.63) is 29.3 Å². The van der Waals surface area contributed by atoms with Crippen LogP contribution < -0.4 is 16.8 Å². The summed E-state index contributed by atoms with van der Waals surface area (Å²) >= 11 is 0. The van der Waals surface area contributed by atoms with Crippen LogP contribution in [-0.4, -0.2) is 18.4 Å². The van der Waals surface area contributed by atoms with Gasteiger partial charge in [-0.15, -0.1) is 0 Å². The second-order valence-corrected chi connectivity index (χ2v) is 5.23. The fourth-order valence-electron chi connectivity index (χ4n) is 1.95. The first-order valence-electron chi connectivity index (χ1n) is 6.56. The summed E-state index contributed by atoms with van der Waals surface area (Å²) in [6, 6.07) is 1.39. The molecule has 7 heteroatoms. The van der Waals surface area contributed by atoms with Crippen LogP contribution in [0.4, 0.5) is 14.5 Å². The van der Waals surface area contributed by atoms with Gasteiger partial charge in [0, 0.05) is 12.6 Å². The first-order chi connectivity index (χ1) is 9.76. The summed E-state index contributed by atoms with van der Waals surface area (Å²) in [6.07, 6.45) is 0.536. The second-order valence-electron chi connectivity index (χ2n) is 5.23. The van der Waals surface area contributed by atoms with Gasteiger partial charge in [-0.2, -0.15) is 0 Å². The molecule has 1 aromatic rings. The molecule has 116 valence electrons. The van der Waals surface area contributed by atoms with Crippen LogP contribution in [0.25, 0.3) is 0 Å². The molecule has 0 aliphatic rings. The van der Waals surface area contributed by atoms with Crippen LogP contribution in [0.3, 0.4) is 0 Å². The molecule has 21 heavy (non-hydrogen) atoms. The number of amides is 2. The molecule has 0 radical (unpaired) electrons. The highest BCUT2D eigenvalue weighted by molar-refractivity contribution is 5.97. The molecule has 1 aromatic carbocycles. The third kappa shape index (κ3) is 4.49. The summed E-state index contributed by atoms with van der Waals surface area (Å²) in [5.74, 6) is -3.83. The summed E-state index contributed by atoms with van der Waals surface area (Å²) < 4.78 is 27.0. The van der Waals surface area contributed by atoms with Gasteiger partial charge < -0.3 is 16.8 Å². The van der Waals surface area contributed by atoms with Gasteiger partial charge in [0.2, 0.25) is 5.91 Å². The van der Waals surface area contributed by atoms with Crippen molar-refractivity contribution >= 4 is 17.5 Å². The molecule has 0 spiro atoms. The molecule has 2 amide bonds. The number of rotatable bonds is 6. The summed E-state index contributed by atoms with van der Waals surface area (Å²) in [5, 5.41) is 2.32. The summed E-state index contributed by atoms with van der Waals surface area (Å²) in [7, 11) is 0. The van der Waals surface area contributed by atoms with Gasteiger partial charge in [0.1, 0.15) is 11.6 Å². The van der Waals surface area contributed by atoms with Crippen LogP contribution in [0.15, 0.2) is 12.1 Å². The lowest BCUT2D eigenvalue weighted by Crippen LogP contribution is -2.30. The number of nitrogens with one attached hydrogen (secondary N) is 1. The van der Waals surface area contributed by atoms with Crippen molar-refractivity contribution in [1.29, 1.82) is 0 Å². The van der Waals surface area contributed by atoms with Gasteiger partial charge >= 0.3 is 0 Å². The maximum absolute atomic E-state index is 13.6. The van der Waals surface area contributed by atoms with E-state index in [1.54, 1.807) is 0 Å². The van der Waals surface area contributed by atoms with E-state index in [9.17, 15) is 18.4 Å². The van der Waals surface area contributed by atoms with Crippen LogP contribution in [0.5, 0.6) is 0 Å². The minimum absolute atomic E-state index is 0.107. The highest BCUT2D eigenvalue weighted by Crippen LogP contribution is 2.21. The molecule has 0 heterocycles. The third-order valence-corrected chi connectivity index (χ3v) is 2.99. The molecule has 0 fully saturated rings. The zero-order valence-corrected chi connectivity index (χ0v) is 12.0. The van der Waals surface area contributed by atoms with E-state index in [4.69, 9.17) is 11.5 Å². The van der Waals surface area contributed by atoms with Crippen molar-refractivity contribution in [1.82, 2.24) is 0 Å². The Balaban J connectivity index is 2.99. The molecule has 1 rings (SSSR count). The first-order valence-corrected chi connectivity index (χ1v) is 6.56. The zero-order valence-electron chi connectivity index (χ0n) is 12.0. The molecule has 0 aliphatic heterocycles. The maximum atomic E-state index is 13.6. The Labute approximate surface area is 121 Å². The fraction of sp³-hybridized carbons (Fsp3) is 0.429. The van der Waals surface area contributed by atoms with Gasteiger partial charge in [0.25, 0.3) is 5.91 Å². The van der Waals surface area contributed by atoms with E-state index >= 15 is 0 Å². The van der Waals surface area contributed by atoms with Gasteiger partial charge in [0.15, 0.2) is 0 Å². The number of hydrogen-bond acceptors (Lipinski definition) is 3. The van der Waals surface area contributed by atoms with Crippen LogP contribution in [0.2, 0.25) is 0 Å². The molecule has 0 saturated heterocycles. The predicted molar refractivity (Wildman–Crippen MR) is 75.5 cm³/mol. The summed E-state index contributed by atoms with van der Waals surface area (Å²) in [4.78, 5) is 23.1. The highest BCUT2D eigenvalue weighted by atomic mass is 19.1. The average Bonchev–Trinajstić information content (AvgIpc) is 2.38. The van der Waals surface area contributed by atoms with Crippen molar-refractivity contribution in [2.75, 3.05) is 11.9 Å². The van der Waals surface area contributed by atoms with Crippen molar-refractivity contribution < 1.29 is 18.4 Å². The normalized spacial score (nSPS) is 12.3. The molecule has 0 saturated carbocycles. The SMILES string of the molecule is CC(C)CC(CN)C(=O)Nc1cc(C(N)=O)c(F)cc1F. The minimum atomic E-state index is -1.07. The quantitative estimate of drug-likeness (QED) is 0.744. The number of hydrogen-bond donors (Lipinski definition) is 3. The number of carbonyl (C=O) groups excluding carboxylic acids is 2. The molecule has 0 bridgehead atoms. The monoisotopic (exact) mass is 299 g/mol. The van der Waals surface area contributed by atoms with Crippen molar-refractivity contribution in [3.8, 4) is 0 Å². The molecular formula is C14H19F2N3O2. The van der Waals surface area contributed by atoms with E-state index < -0.39 is 34.9 Å². The van der Waals surface area contributed by atoms with E-state index in [0.29, 0.717) is 12.5 Å². The van der Waals surface area contributed by atoms with Gasteiger partial charge in [-0.05, 0) is 18.4 Å². The Kier molecular flexibility index (Phi) is 5.78. The number of primary amides is 1. The second kappa shape index (κ2) is 7.12. The van der Waals surface area contributed by atoms with Crippen LogP contribution in [0, 0.1) is 23.5 Å². The van der Waals surface area contributed by atoms with Gasteiger partial charge in [-0.3, -0.25) is 9.59 Å². The largest absolute Gasteiger partial charge is 0.366 e. The average molecular weight is 299 g/mol. The van der Waals surface area contributed by atoms with Gasteiger partial charge in [-0.1, -0.05) is 13.8 Å². The van der Waals surface area contributed by atoms with Crippen LogP contribution >= 0.6 is 0 Å². The van der Waals surface area contributed by atoms with Crippen LogP contribution in [-0.2, 0) is 4.79 Å². The Morgan fingerprint density at radius 1 is 1.24 bits per heavy atom. The molecule has 0 aliphatic carbocycles. The lowest BCUT2D eigenvalue weighted by Gasteiger charge is -2.17. The molecular weight excluding hydrogens is 280 g/mol.